The molecule has 7 heteroatoms. The molecule has 3 aliphatic rings. The summed E-state index contributed by atoms with van der Waals surface area (Å²) in [4.78, 5) is 14.7. The molecule has 148 valence electrons. The summed E-state index contributed by atoms with van der Waals surface area (Å²) in [5, 5.41) is 2.98. The van der Waals surface area contributed by atoms with Crippen LogP contribution >= 0.6 is 0 Å². The van der Waals surface area contributed by atoms with Crippen molar-refractivity contribution in [3.05, 3.63) is 18.2 Å². The monoisotopic (exact) mass is 376 g/mol. The molecule has 2 fully saturated rings. The number of nitrogens with zero attached hydrogens (tertiary/aromatic N) is 1. The Kier molecular flexibility index (Phi) is 5.52. The quantitative estimate of drug-likeness (QED) is 0.868. The summed E-state index contributed by atoms with van der Waals surface area (Å²) in [7, 11) is 1.75. The zero-order chi connectivity index (χ0) is 18.7. The van der Waals surface area contributed by atoms with Gasteiger partial charge in [-0.1, -0.05) is 0 Å². The fourth-order valence-electron chi connectivity index (χ4n) is 4.33. The first-order valence-corrected chi connectivity index (χ1v) is 9.77. The molecule has 2 atom stereocenters. The van der Waals surface area contributed by atoms with Gasteiger partial charge in [0.15, 0.2) is 11.5 Å². The summed E-state index contributed by atoms with van der Waals surface area (Å²) in [5.74, 6) is 1.38. The number of benzene rings is 1. The highest BCUT2D eigenvalue weighted by atomic mass is 16.6. The molecule has 2 saturated heterocycles. The van der Waals surface area contributed by atoms with Crippen molar-refractivity contribution in [2.75, 3.05) is 51.9 Å². The number of hydrogen-bond donors (Lipinski definition) is 1. The number of carbonyl (C=O) groups excluding carboxylic acids is 1. The van der Waals surface area contributed by atoms with E-state index in [0.717, 1.165) is 56.8 Å². The lowest BCUT2D eigenvalue weighted by molar-refractivity contribution is -0.146. The average molecular weight is 376 g/mol. The largest absolute Gasteiger partial charge is 0.490 e. The first kappa shape index (κ1) is 18.5. The third-order valence-electron chi connectivity index (χ3n) is 5.60. The Bertz CT molecular complexity index is 674. The number of nitrogens with one attached hydrogen (secondary N) is 1. The number of likely N-dealkylation sites (tertiary alicyclic amines) is 1. The molecule has 1 aromatic rings. The van der Waals surface area contributed by atoms with Gasteiger partial charge in [0, 0.05) is 45.0 Å². The number of carbonyl (C=O) groups is 1. The normalized spacial score (nSPS) is 28.1. The molecule has 7 nitrogen and oxygen atoms in total. The molecule has 3 aliphatic heterocycles. The van der Waals surface area contributed by atoms with Gasteiger partial charge in [-0.2, -0.15) is 0 Å². The van der Waals surface area contributed by atoms with Crippen molar-refractivity contribution in [1.29, 1.82) is 0 Å². The maximum atomic E-state index is 12.6. The number of rotatable bonds is 4. The van der Waals surface area contributed by atoms with E-state index in [1.807, 2.05) is 18.2 Å². The van der Waals surface area contributed by atoms with Crippen molar-refractivity contribution in [2.24, 2.45) is 0 Å². The van der Waals surface area contributed by atoms with E-state index in [9.17, 15) is 4.79 Å². The fourth-order valence-corrected chi connectivity index (χ4v) is 4.33. The van der Waals surface area contributed by atoms with E-state index >= 15 is 0 Å². The maximum Gasteiger partial charge on any atom is 0.238 e. The summed E-state index contributed by atoms with van der Waals surface area (Å²) in [6.07, 6.45) is 3.90. The molecular formula is C20H28N2O5. The van der Waals surface area contributed by atoms with E-state index in [0.29, 0.717) is 25.5 Å². The molecular weight excluding hydrogens is 348 g/mol. The zero-order valence-electron chi connectivity index (χ0n) is 15.9. The summed E-state index contributed by atoms with van der Waals surface area (Å²) < 4.78 is 23.0. The van der Waals surface area contributed by atoms with Gasteiger partial charge in [-0.25, -0.2) is 0 Å². The van der Waals surface area contributed by atoms with Crippen LogP contribution < -0.4 is 14.8 Å². The lowest BCUT2D eigenvalue weighted by atomic mass is 9.87. The van der Waals surface area contributed by atoms with Crippen LogP contribution in [0.3, 0.4) is 0 Å². The van der Waals surface area contributed by atoms with Gasteiger partial charge in [0.25, 0.3) is 0 Å². The van der Waals surface area contributed by atoms with E-state index in [4.69, 9.17) is 18.9 Å². The highest BCUT2D eigenvalue weighted by Gasteiger charge is 2.47. The Morgan fingerprint density at radius 1 is 1.26 bits per heavy atom. The van der Waals surface area contributed by atoms with E-state index in [1.54, 1.807) is 7.11 Å². The second kappa shape index (κ2) is 8.04. The van der Waals surface area contributed by atoms with Crippen LogP contribution in [0.25, 0.3) is 0 Å². The molecule has 1 N–H and O–H groups in total. The second-order valence-corrected chi connectivity index (χ2v) is 7.50. The van der Waals surface area contributed by atoms with Gasteiger partial charge in [-0.15, -0.1) is 0 Å². The van der Waals surface area contributed by atoms with Crippen molar-refractivity contribution < 1.29 is 23.7 Å². The van der Waals surface area contributed by atoms with Gasteiger partial charge in [0.2, 0.25) is 5.91 Å². The molecule has 1 aromatic carbocycles. The Hall–Kier alpha value is -1.83. The predicted molar refractivity (Wildman–Crippen MR) is 100 cm³/mol. The number of piperidine rings is 1. The highest BCUT2D eigenvalue weighted by Crippen LogP contribution is 2.36. The topological polar surface area (TPSA) is 69.3 Å². The van der Waals surface area contributed by atoms with Gasteiger partial charge >= 0.3 is 0 Å². The van der Waals surface area contributed by atoms with Crippen LogP contribution in [0.4, 0.5) is 5.69 Å². The summed E-state index contributed by atoms with van der Waals surface area (Å²) in [5.41, 5.74) is 0.463. The molecule has 4 rings (SSSR count). The number of methoxy groups -OCH3 is 1. The standard InChI is InChI=1S/C20H28N2O5/c1-24-18-6-8-22(14-20(18)7-2-11-27-20)13-19(23)21-15-4-5-16-17(12-15)26-10-3-9-25-16/h4-5,12,18H,2-3,6-11,13-14H2,1H3,(H,21,23)/t18-,20+/m0/s1. The molecule has 0 unspecified atom stereocenters. The van der Waals surface area contributed by atoms with Gasteiger partial charge in [0.05, 0.1) is 25.9 Å². The van der Waals surface area contributed by atoms with Gasteiger partial charge < -0.3 is 24.3 Å². The number of ether oxygens (including phenoxy) is 4. The molecule has 0 saturated carbocycles. The maximum absolute atomic E-state index is 12.6. The molecule has 3 heterocycles. The van der Waals surface area contributed by atoms with Crippen LogP contribution in [-0.2, 0) is 14.3 Å². The van der Waals surface area contributed by atoms with E-state index < -0.39 is 0 Å². The van der Waals surface area contributed by atoms with Gasteiger partial charge in [-0.05, 0) is 31.4 Å². The van der Waals surface area contributed by atoms with Crippen molar-refractivity contribution >= 4 is 11.6 Å². The lowest BCUT2D eigenvalue weighted by Gasteiger charge is -2.44. The molecule has 0 radical (unpaired) electrons. The van der Waals surface area contributed by atoms with Crippen LogP contribution in [0.2, 0.25) is 0 Å². The van der Waals surface area contributed by atoms with E-state index in [2.05, 4.69) is 10.2 Å². The van der Waals surface area contributed by atoms with Crippen molar-refractivity contribution in [1.82, 2.24) is 4.90 Å². The Morgan fingerprint density at radius 3 is 2.89 bits per heavy atom. The summed E-state index contributed by atoms with van der Waals surface area (Å²) in [6.45, 7) is 3.96. The number of anilines is 1. The third-order valence-corrected chi connectivity index (χ3v) is 5.60. The SMILES string of the molecule is CO[C@H]1CCN(CC(=O)Nc2ccc3c(c2)OCCCO3)C[C@]12CCCO2. The molecule has 1 amide bonds. The van der Waals surface area contributed by atoms with Crippen LogP contribution in [0, 0.1) is 0 Å². The van der Waals surface area contributed by atoms with Crippen molar-refractivity contribution in [3.63, 3.8) is 0 Å². The minimum atomic E-state index is -0.261. The van der Waals surface area contributed by atoms with Crippen molar-refractivity contribution in [3.8, 4) is 11.5 Å². The average Bonchev–Trinajstić information content (AvgIpc) is 2.98. The fraction of sp³-hybridized carbons (Fsp3) is 0.650. The molecule has 0 aliphatic carbocycles. The zero-order valence-corrected chi connectivity index (χ0v) is 15.9. The summed E-state index contributed by atoms with van der Waals surface area (Å²) in [6, 6.07) is 5.53. The Morgan fingerprint density at radius 2 is 2.11 bits per heavy atom. The highest BCUT2D eigenvalue weighted by molar-refractivity contribution is 5.92. The third kappa shape index (κ3) is 4.05. The Balaban J connectivity index is 1.36. The second-order valence-electron chi connectivity index (χ2n) is 7.50. The molecule has 0 aromatic heterocycles. The minimum Gasteiger partial charge on any atom is -0.490 e. The Labute approximate surface area is 159 Å². The van der Waals surface area contributed by atoms with Crippen LogP contribution in [0.5, 0.6) is 11.5 Å². The minimum absolute atomic E-state index is 0.0338. The predicted octanol–water partition coefficient (Wildman–Crippen LogP) is 2.06. The van der Waals surface area contributed by atoms with Gasteiger partial charge in [0.1, 0.15) is 5.60 Å². The first-order valence-electron chi connectivity index (χ1n) is 9.77. The summed E-state index contributed by atoms with van der Waals surface area (Å²) >= 11 is 0. The number of hydrogen-bond acceptors (Lipinski definition) is 6. The number of amides is 1. The smallest absolute Gasteiger partial charge is 0.238 e. The molecule has 27 heavy (non-hydrogen) atoms. The van der Waals surface area contributed by atoms with E-state index in [1.165, 1.54) is 0 Å². The van der Waals surface area contributed by atoms with Crippen LogP contribution in [0.1, 0.15) is 25.7 Å². The number of fused-ring (bicyclic) bond motifs is 1. The molecule has 1 spiro atoms. The van der Waals surface area contributed by atoms with Crippen LogP contribution in [-0.4, -0.2) is 69.1 Å². The van der Waals surface area contributed by atoms with Crippen LogP contribution in [0.15, 0.2) is 18.2 Å². The lowest BCUT2D eigenvalue weighted by Crippen LogP contribution is -2.58. The van der Waals surface area contributed by atoms with Crippen molar-refractivity contribution in [2.45, 2.75) is 37.4 Å². The first-order chi connectivity index (χ1) is 13.2. The van der Waals surface area contributed by atoms with Gasteiger partial charge in [-0.3, -0.25) is 9.69 Å². The molecule has 0 bridgehead atoms. The van der Waals surface area contributed by atoms with E-state index in [-0.39, 0.29) is 17.6 Å².